The lowest BCUT2D eigenvalue weighted by molar-refractivity contribution is -0.125. The van der Waals surface area contributed by atoms with E-state index in [1.807, 2.05) is 61.5 Å². The molecule has 1 fully saturated rings. The molecule has 43 heavy (non-hydrogen) atoms. The Kier molecular flexibility index (Phi) is 9.46. The molecular weight excluding hydrogens is 546 g/mol. The lowest BCUT2D eigenvalue weighted by Crippen LogP contribution is -2.43. The second-order valence-electron chi connectivity index (χ2n) is 10.3. The first-order valence-electron chi connectivity index (χ1n) is 14.2. The summed E-state index contributed by atoms with van der Waals surface area (Å²) in [5, 5.41) is 6.33. The van der Waals surface area contributed by atoms with Gasteiger partial charge in [-0.05, 0) is 55.7 Å². The highest BCUT2D eigenvalue weighted by atomic mass is 16.5. The van der Waals surface area contributed by atoms with E-state index in [4.69, 9.17) is 23.9 Å². The fourth-order valence-corrected chi connectivity index (χ4v) is 5.02. The van der Waals surface area contributed by atoms with Crippen LogP contribution in [0.15, 0.2) is 72.9 Å². The zero-order chi connectivity index (χ0) is 30.2. The topological polar surface area (TPSA) is 107 Å². The third-order valence-corrected chi connectivity index (χ3v) is 7.32. The Morgan fingerprint density at radius 3 is 2.26 bits per heavy atom. The number of ether oxygens (including phenoxy) is 4. The number of anilines is 3. The van der Waals surface area contributed by atoms with Crippen molar-refractivity contribution < 1.29 is 23.7 Å². The number of nitrogens with one attached hydrogen (secondary N) is 2. The number of piperidine rings is 1. The highest BCUT2D eigenvalue weighted by Crippen LogP contribution is 2.40. The van der Waals surface area contributed by atoms with E-state index in [9.17, 15) is 4.79 Å². The van der Waals surface area contributed by atoms with Gasteiger partial charge in [-0.15, -0.1) is 0 Å². The molecule has 0 saturated carbocycles. The van der Waals surface area contributed by atoms with E-state index >= 15 is 0 Å². The molecule has 0 aliphatic carbocycles. The number of aromatic nitrogens is 2. The summed E-state index contributed by atoms with van der Waals surface area (Å²) < 4.78 is 22.2. The zero-order valence-corrected chi connectivity index (χ0v) is 24.9. The van der Waals surface area contributed by atoms with Crippen LogP contribution in [0.2, 0.25) is 0 Å². The summed E-state index contributed by atoms with van der Waals surface area (Å²) in [6.07, 6.45) is 3.43. The maximum Gasteiger partial charge on any atom is 0.229 e. The second kappa shape index (κ2) is 13.8. The minimum absolute atomic E-state index is 0.0366. The Morgan fingerprint density at radius 1 is 0.930 bits per heavy atom. The molecule has 2 heterocycles. The van der Waals surface area contributed by atoms with Crippen LogP contribution < -0.4 is 34.5 Å². The summed E-state index contributed by atoms with van der Waals surface area (Å²) in [6.45, 7) is 3.89. The Morgan fingerprint density at radius 2 is 1.60 bits per heavy atom. The van der Waals surface area contributed by atoms with Crippen LogP contribution in [0.3, 0.4) is 0 Å². The molecule has 4 aromatic rings. The Hall–Kier alpha value is -4.99. The van der Waals surface area contributed by atoms with Crippen LogP contribution >= 0.6 is 0 Å². The van der Waals surface area contributed by atoms with Gasteiger partial charge in [0.2, 0.25) is 17.6 Å². The summed E-state index contributed by atoms with van der Waals surface area (Å²) >= 11 is 0. The molecule has 1 aliphatic rings. The maximum atomic E-state index is 13.1. The summed E-state index contributed by atoms with van der Waals surface area (Å²) in [5.41, 5.74) is 2.89. The molecule has 5 rings (SSSR count). The minimum atomic E-state index is -0.139. The van der Waals surface area contributed by atoms with Crippen LogP contribution in [0.5, 0.6) is 28.7 Å². The van der Waals surface area contributed by atoms with E-state index in [0.29, 0.717) is 42.0 Å². The second-order valence-corrected chi connectivity index (χ2v) is 10.3. The molecule has 1 aliphatic heterocycles. The number of aryl methyl sites for hydroxylation is 1. The van der Waals surface area contributed by atoms with Gasteiger partial charge in [-0.2, -0.15) is 4.98 Å². The molecular formula is C33H37N5O5. The van der Waals surface area contributed by atoms with Gasteiger partial charge >= 0.3 is 0 Å². The van der Waals surface area contributed by atoms with Crippen molar-refractivity contribution in [2.24, 2.45) is 5.92 Å². The fraction of sp³-hybridized carbons (Fsp3) is 0.303. The normalized spacial score (nSPS) is 14.5. The lowest BCUT2D eigenvalue weighted by Gasteiger charge is -2.33. The third kappa shape index (κ3) is 7.45. The Labute approximate surface area is 252 Å². The van der Waals surface area contributed by atoms with Crippen molar-refractivity contribution in [3.05, 3.63) is 84.1 Å². The predicted molar refractivity (Wildman–Crippen MR) is 166 cm³/mol. The molecule has 0 bridgehead atoms. The number of carbonyl (C=O) groups is 1. The van der Waals surface area contributed by atoms with E-state index in [1.54, 1.807) is 39.7 Å². The molecule has 0 spiro atoms. The largest absolute Gasteiger partial charge is 0.493 e. The van der Waals surface area contributed by atoms with Crippen LogP contribution in [0, 0.1) is 12.8 Å². The first-order chi connectivity index (χ1) is 20.9. The van der Waals surface area contributed by atoms with Gasteiger partial charge in [-0.3, -0.25) is 4.79 Å². The molecule has 0 radical (unpaired) electrons. The first kappa shape index (κ1) is 29.5. The highest BCUT2D eigenvalue weighted by Gasteiger charge is 2.26. The van der Waals surface area contributed by atoms with Gasteiger partial charge in [0.1, 0.15) is 17.3 Å². The van der Waals surface area contributed by atoms with Crippen LogP contribution in [-0.2, 0) is 11.3 Å². The summed E-state index contributed by atoms with van der Waals surface area (Å²) in [5.74, 6) is 4.18. The fourth-order valence-electron chi connectivity index (χ4n) is 5.02. The smallest absolute Gasteiger partial charge is 0.229 e. The van der Waals surface area contributed by atoms with Crippen LogP contribution in [0.4, 0.5) is 17.5 Å². The predicted octanol–water partition coefficient (Wildman–Crippen LogP) is 5.88. The standard InChI is InChI=1S/C33H37N5O5/c1-22-7-11-26(12-8-22)43-27-13-9-23(10-14-27)20-35-32(39)24-6-5-17-38(21-24)30-15-16-34-33(37-30)36-25-18-28(40-2)31(42-4)29(19-25)41-3/h7-16,18-19,24H,5-6,17,20-21H2,1-4H3,(H,35,39)(H,34,36,37). The SMILES string of the molecule is COc1cc(Nc2nccc(N3CCCC(C(=O)NCc4ccc(Oc5ccc(C)cc5)cc4)C3)n2)cc(OC)c1OC. The molecule has 10 heteroatoms. The van der Waals surface area contributed by atoms with Crippen molar-refractivity contribution in [3.8, 4) is 28.7 Å². The summed E-state index contributed by atoms with van der Waals surface area (Å²) in [6, 6.07) is 21.2. The van der Waals surface area contributed by atoms with Crippen molar-refractivity contribution in [2.75, 3.05) is 44.6 Å². The number of hydrogen-bond acceptors (Lipinski definition) is 9. The maximum absolute atomic E-state index is 13.1. The number of nitrogens with zero attached hydrogens (tertiary/aromatic N) is 3. The molecule has 1 atom stereocenters. The van der Waals surface area contributed by atoms with Crippen LogP contribution in [0.1, 0.15) is 24.0 Å². The number of amides is 1. The average molecular weight is 584 g/mol. The van der Waals surface area contributed by atoms with Gasteiger partial charge in [-0.1, -0.05) is 29.8 Å². The van der Waals surface area contributed by atoms with Crippen molar-refractivity contribution in [1.29, 1.82) is 0 Å². The molecule has 1 amide bonds. The van der Waals surface area contributed by atoms with Crippen LogP contribution in [0.25, 0.3) is 0 Å². The summed E-state index contributed by atoms with van der Waals surface area (Å²) in [4.78, 5) is 24.4. The minimum Gasteiger partial charge on any atom is -0.493 e. The number of benzene rings is 3. The number of hydrogen-bond donors (Lipinski definition) is 2. The highest BCUT2D eigenvalue weighted by molar-refractivity contribution is 5.79. The monoisotopic (exact) mass is 583 g/mol. The van der Waals surface area contributed by atoms with E-state index in [2.05, 4.69) is 20.5 Å². The molecule has 1 aromatic heterocycles. The molecule has 1 saturated heterocycles. The number of carbonyl (C=O) groups excluding carboxylic acids is 1. The molecule has 3 aromatic carbocycles. The molecule has 2 N–H and O–H groups in total. The Bertz CT molecular complexity index is 1500. The molecule has 224 valence electrons. The van der Waals surface area contributed by atoms with Crippen molar-refractivity contribution >= 4 is 23.4 Å². The van der Waals surface area contributed by atoms with Crippen molar-refractivity contribution in [3.63, 3.8) is 0 Å². The van der Waals surface area contributed by atoms with Gasteiger partial charge in [0, 0.05) is 43.7 Å². The van der Waals surface area contributed by atoms with Crippen molar-refractivity contribution in [2.45, 2.75) is 26.3 Å². The zero-order valence-electron chi connectivity index (χ0n) is 24.9. The van der Waals surface area contributed by atoms with Crippen molar-refractivity contribution in [1.82, 2.24) is 15.3 Å². The Balaban J connectivity index is 1.17. The lowest BCUT2D eigenvalue weighted by atomic mass is 9.97. The molecule has 10 nitrogen and oxygen atoms in total. The van der Waals surface area contributed by atoms with E-state index in [0.717, 1.165) is 42.3 Å². The van der Waals surface area contributed by atoms with E-state index in [1.165, 1.54) is 5.56 Å². The van der Waals surface area contributed by atoms with Gasteiger partial charge in [0.15, 0.2) is 11.5 Å². The average Bonchev–Trinajstić information content (AvgIpc) is 3.05. The quantitative estimate of drug-likeness (QED) is 0.224. The van der Waals surface area contributed by atoms with Gasteiger partial charge in [0.25, 0.3) is 0 Å². The van der Waals surface area contributed by atoms with Gasteiger partial charge < -0.3 is 34.5 Å². The van der Waals surface area contributed by atoms with E-state index in [-0.39, 0.29) is 11.8 Å². The van der Waals surface area contributed by atoms with Gasteiger partial charge in [0.05, 0.1) is 27.2 Å². The van der Waals surface area contributed by atoms with Gasteiger partial charge in [-0.25, -0.2) is 4.98 Å². The number of rotatable bonds is 11. The first-order valence-corrected chi connectivity index (χ1v) is 14.2. The third-order valence-electron chi connectivity index (χ3n) is 7.32. The number of methoxy groups -OCH3 is 3. The van der Waals surface area contributed by atoms with E-state index < -0.39 is 0 Å². The molecule has 1 unspecified atom stereocenters. The van der Waals surface area contributed by atoms with Crippen LogP contribution in [-0.4, -0.2) is 50.3 Å². The summed E-state index contributed by atoms with van der Waals surface area (Å²) in [7, 11) is 4.70.